The van der Waals surface area contributed by atoms with Crippen LogP contribution in [0.5, 0.6) is 0 Å². The summed E-state index contributed by atoms with van der Waals surface area (Å²) in [4.78, 5) is 18.5. The van der Waals surface area contributed by atoms with Gasteiger partial charge in [0.2, 0.25) is 5.95 Å². The van der Waals surface area contributed by atoms with Crippen molar-refractivity contribution in [3.63, 3.8) is 0 Å². The minimum absolute atomic E-state index is 0.0367. The number of benzene rings is 1. The van der Waals surface area contributed by atoms with E-state index in [1.165, 1.54) is 18.5 Å². The standard InChI is InChI=1S/C18H15FN6O/c19-11-6-4-10(5-7-11)15-12(8-20)17(21)25(18-22-9-23-24-18)13-2-1-3-14(26)16(13)15/h4-7,9,15H,1-3,21H2,(H,22,23,24)/t15-/m0/s1. The van der Waals surface area contributed by atoms with Gasteiger partial charge in [0.15, 0.2) is 5.78 Å². The summed E-state index contributed by atoms with van der Waals surface area (Å²) in [6, 6.07) is 7.93. The number of allylic oxidation sites excluding steroid dienone is 3. The lowest BCUT2D eigenvalue weighted by molar-refractivity contribution is -0.116. The van der Waals surface area contributed by atoms with Crippen molar-refractivity contribution in [2.75, 3.05) is 4.90 Å². The summed E-state index contributed by atoms with van der Waals surface area (Å²) in [6.45, 7) is 0. The Labute approximate surface area is 148 Å². The molecule has 8 heteroatoms. The maximum absolute atomic E-state index is 13.4. The highest BCUT2D eigenvalue weighted by molar-refractivity contribution is 6.01. The lowest BCUT2D eigenvalue weighted by Crippen LogP contribution is -2.39. The van der Waals surface area contributed by atoms with E-state index in [2.05, 4.69) is 21.3 Å². The first-order valence-electron chi connectivity index (χ1n) is 8.18. The summed E-state index contributed by atoms with van der Waals surface area (Å²) >= 11 is 0. The smallest absolute Gasteiger partial charge is 0.231 e. The quantitative estimate of drug-likeness (QED) is 0.859. The number of nitrogens with zero attached hydrogens (tertiary/aromatic N) is 4. The molecule has 0 unspecified atom stereocenters. The predicted octanol–water partition coefficient (Wildman–Crippen LogP) is 2.25. The maximum atomic E-state index is 13.4. The summed E-state index contributed by atoms with van der Waals surface area (Å²) in [5.74, 6) is -0.470. The summed E-state index contributed by atoms with van der Waals surface area (Å²) in [5, 5.41) is 16.3. The van der Waals surface area contributed by atoms with Gasteiger partial charge in [0.25, 0.3) is 0 Å². The van der Waals surface area contributed by atoms with Crippen molar-refractivity contribution in [2.24, 2.45) is 5.73 Å². The van der Waals surface area contributed by atoms with E-state index in [-0.39, 0.29) is 23.0 Å². The van der Waals surface area contributed by atoms with Crippen molar-refractivity contribution in [1.82, 2.24) is 15.2 Å². The van der Waals surface area contributed by atoms with Gasteiger partial charge in [-0.25, -0.2) is 9.49 Å². The molecule has 2 aliphatic rings. The van der Waals surface area contributed by atoms with Crippen LogP contribution in [0.4, 0.5) is 10.3 Å². The average Bonchev–Trinajstić information content (AvgIpc) is 3.16. The van der Waals surface area contributed by atoms with Crippen LogP contribution in [0, 0.1) is 17.1 Å². The Hall–Kier alpha value is -3.47. The van der Waals surface area contributed by atoms with Crippen LogP contribution in [0.25, 0.3) is 0 Å². The minimum atomic E-state index is -0.609. The lowest BCUT2D eigenvalue weighted by atomic mass is 9.76. The van der Waals surface area contributed by atoms with Gasteiger partial charge in [0.05, 0.1) is 17.6 Å². The topological polar surface area (TPSA) is 112 Å². The number of H-pyrrole nitrogens is 1. The van der Waals surface area contributed by atoms with Crippen molar-refractivity contribution in [3.05, 3.63) is 64.6 Å². The zero-order chi connectivity index (χ0) is 18.3. The van der Waals surface area contributed by atoms with E-state index in [0.717, 1.165) is 0 Å². The van der Waals surface area contributed by atoms with Gasteiger partial charge in [-0.05, 0) is 30.5 Å². The molecule has 0 fully saturated rings. The summed E-state index contributed by atoms with van der Waals surface area (Å²) < 4.78 is 13.4. The van der Waals surface area contributed by atoms with Gasteiger partial charge in [-0.2, -0.15) is 15.3 Å². The fraction of sp³-hybridized carbons (Fsp3) is 0.222. The zero-order valence-electron chi connectivity index (χ0n) is 13.7. The molecule has 1 aromatic heterocycles. The number of aromatic amines is 1. The van der Waals surface area contributed by atoms with Crippen LogP contribution in [0.1, 0.15) is 30.7 Å². The fourth-order valence-electron chi connectivity index (χ4n) is 3.62. The number of nitrogens with one attached hydrogen (secondary N) is 1. The second-order valence-corrected chi connectivity index (χ2v) is 6.18. The third kappa shape index (κ3) is 2.37. The first-order valence-corrected chi connectivity index (χ1v) is 8.18. The maximum Gasteiger partial charge on any atom is 0.231 e. The number of hydrogen-bond donors (Lipinski definition) is 2. The van der Waals surface area contributed by atoms with Gasteiger partial charge in [-0.15, -0.1) is 0 Å². The van der Waals surface area contributed by atoms with Crippen molar-refractivity contribution < 1.29 is 9.18 Å². The summed E-state index contributed by atoms with van der Waals surface area (Å²) in [5.41, 5.74) is 8.44. The molecule has 1 atom stereocenters. The van der Waals surface area contributed by atoms with Gasteiger partial charge in [-0.3, -0.25) is 9.69 Å². The monoisotopic (exact) mass is 350 g/mol. The molecule has 2 aromatic rings. The molecule has 7 nitrogen and oxygen atoms in total. The molecule has 1 aromatic carbocycles. The van der Waals surface area contributed by atoms with E-state index in [0.29, 0.717) is 42.0 Å². The summed E-state index contributed by atoms with van der Waals surface area (Å²) in [6.07, 6.45) is 3.05. The molecular weight excluding hydrogens is 335 g/mol. The van der Waals surface area contributed by atoms with Crippen LogP contribution in [-0.4, -0.2) is 21.0 Å². The van der Waals surface area contributed by atoms with Gasteiger partial charge in [0.1, 0.15) is 18.0 Å². The van der Waals surface area contributed by atoms with Crippen molar-refractivity contribution in [1.29, 1.82) is 5.26 Å². The highest BCUT2D eigenvalue weighted by atomic mass is 19.1. The molecule has 3 N–H and O–H groups in total. The third-order valence-electron chi connectivity index (χ3n) is 4.73. The number of anilines is 1. The number of ketones is 1. The molecular formula is C18H15FN6O. The third-order valence-corrected chi connectivity index (χ3v) is 4.73. The van der Waals surface area contributed by atoms with Crippen LogP contribution in [0.3, 0.4) is 0 Å². The lowest BCUT2D eigenvalue weighted by Gasteiger charge is -2.38. The average molecular weight is 350 g/mol. The van der Waals surface area contributed by atoms with Crippen LogP contribution >= 0.6 is 0 Å². The first kappa shape index (κ1) is 16.0. The van der Waals surface area contributed by atoms with Gasteiger partial charge >= 0.3 is 0 Å². The Kier molecular flexibility index (Phi) is 3.77. The molecule has 0 saturated carbocycles. The molecule has 0 spiro atoms. The molecule has 0 radical (unpaired) electrons. The number of carbonyl (C=O) groups is 1. The van der Waals surface area contributed by atoms with Crippen LogP contribution in [0.15, 0.2) is 53.3 Å². The van der Waals surface area contributed by atoms with Crippen LogP contribution < -0.4 is 10.6 Å². The van der Waals surface area contributed by atoms with Crippen molar-refractivity contribution in [3.8, 4) is 6.07 Å². The van der Waals surface area contributed by atoms with E-state index < -0.39 is 5.92 Å². The van der Waals surface area contributed by atoms with E-state index in [9.17, 15) is 14.4 Å². The number of Topliss-reactive ketones (excluding diaryl/α,β-unsaturated/α-hetero) is 1. The van der Waals surface area contributed by atoms with Crippen LogP contribution in [-0.2, 0) is 4.79 Å². The van der Waals surface area contributed by atoms with Crippen molar-refractivity contribution >= 4 is 11.7 Å². The van der Waals surface area contributed by atoms with E-state index in [4.69, 9.17) is 5.73 Å². The number of carbonyl (C=O) groups excluding carboxylic acids is 1. The molecule has 1 aliphatic heterocycles. The molecule has 130 valence electrons. The highest BCUT2D eigenvalue weighted by Gasteiger charge is 2.40. The Bertz CT molecular complexity index is 968. The zero-order valence-corrected chi connectivity index (χ0v) is 13.7. The molecule has 0 amide bonds. The number of nitrogens with two attached hydrogens (primary N) is 1. The van der Waals surface area contributed by atoms with Gasteiger partial charge in [0, 0.05) is 17.7 Å². The fourth-order valence-corrected chi connectivity index (χ4v) is 3.62. The number of rotatable bonds is 2. The second-order valence-electron chi connectivity index (χ2n) is 6.18. The van der Waals surface area contributed by atoms with Gasteiger partial charge < -0.3 is 5.73 Å². The number of nitriles is 1. The van der Waals surface area contributed by atoms with E-state index in [1.54, 1.807) is 17.0 Å². The minimum Gasteiger partial charge on any atom is -0.384 e. The Morgan fingerprint density at radius 2 is 2.08 bits per heavy atom. The molecule has 26 heavy (non-hydrogen) atoms. The SMILES string of the molecule is N#CC1=C(N)N(c2ncn[nH]2)C2=C(C(=O)CCC2)[C@H]1c1ccc(F)cc1. The van der Waals surface area contributed by atoms with Crippen LogP contribution in [0.2, 0.25) is 0 Å². The highest BCUT2D eigenvalue weighted by Crippen LogP contribution is 2.45. The first-order chi connectivity index (χ1) is 12.6. The largest absolute Gasteiger partial charge is 0.384 e. The molecule has 2 heterocycles. The van der Waals surface area contributed by atoms with Crippen molar-refractivity contribution in [2.45, 2.75) is 25.2 Å². The Morgan fingerprint density at radius 3 is 2.73 bits per heavy atom. The number of hydrogen-bond acceptors (Lipinski definition) is 6. The summed E-state index contributed by atoms with van der Waals surface area (Å²) in [7, 11) is 0. The molecule has 4 rings (SSSR count). The molecule has 0 bridgehead atoms. The van der Waals surface area contributed by atoms with E-state index in [1.807, 2.05) is 0 Å². The van der Waals surface area contributed by atoms with Gasteiger partial charge in [-0.1, -0.05) is 12.1 Å². The Morgan fingerprint density at radius 1 is 1.31 bits per heavy atom. The number of aromatic nitrogens is 3. The normalized spacial score (nSPS) is 20.2. The Balaban J connectivity index is 1.96. The predicted molar refractivity (Wildman–Crippen MR) is 90.7 cm³/mol. The second kappa shape index (κ2) is 6.11. The van der Waals surface area contributed by atoms with E-state index >= 15 is 0 Å². The number of halogens is 1. The molecule has 1 aliphatic carbocycles. The molecule has 0 saturated heterocycles.